The summed E-state index contributed by atoms with van der Waals surface area (Å²) in [5, 5.41) is 16.4. The van der Waals surface area contributed by atoms with Gasteiger partial charge in [0.05, 0.1) is 5.69 Å². The van der Waals surface area contributed by atoms with E-state index in [0.29, 0.717) is 10.8 Å². The fourth-order valence-corrected chi connectivity index (χ4v) is 4.84. The summed E-state index contributed by atoms with van der Waals surface area (Å²) in [5.41, 5.74) is 6.27. The SMILES string of the molecule is Cc1ccc(-c2nn3c(-c4[nH]c5ccc(Cl)cc5c4-c4ccccc4)nnc3s2)cc1. The molecule has 31 heavy (non-hydrogen) atoms. The van der Waals surface area contributed by atoms with E-state index in [0.717, 1.165) is 43.3 Å². The van der Waals surface area contributed by atoms with E-state index in [1.165, 1.54) is 16.9 Å². The van der Waals surface area contributed by atoms with E-state index < -0.39 is 0 Å². The summed E-state index contributed by atoms with van der Waals surface area (Å²) in [6.45, 7) is 2.08. The number of rotatable bonds is 3. The monoisotopic (exact) mass is 441 g/mol. The molecule has 0 aliphatic carbocycles. The first-order chi connectivity index (χ1) is 15.2. The van der Waals surface area contributed by atoms with Gasteiger partial charge in [-0.25, -0.2) is 0 Å². The first kappa shape index (κ1) is 18.3. The minimum atomic E-state index is 0.677. The molecule has 0 atom stereocenters. The highest BCUT2D eigenvalue weighted by molar-refractivity contribution is 7.19. The molecule has 5 nitrogen and oxygen atoms in total. The van der Waals surface area contributed by atoms with Crippen LogP contribution in [0.1, 0.15) is 5.56 Å². The number of aromatic nitrogens is 5. The Morgan fingerprint density at radius 3 is 2.52 bits per heavy atom. The summed E-state index contributed by atoms with van der Waals surface area (Å²) in [5.74, 6) is 0.677. The van der Waals surface area contributed by atoms with Crippen LogP contribution in [-0.4, -0.2) is 24.8 Å². The maximum Gasteiger partial charge on any atom is 0.235 e. The van der Waals surface area contributed by atoms with Crippen LogP contribution in [0.25, 0.3) is 49.1 Å². The van der Waals surface area contributed by atoms with E-state index in [-0.39, 0.29) is 0 Å². The molecule has 3 aromatic carbocycles. The number of hydrogen-bond acceptors (Lipinski definition) is 4. The maximum atomic E-state index is 6.33. The Morgan fingerprint density at radius 2 is 1.71 bits per heavy atom. The first-order valence-electron chi connectivity index (χ1n) is 9.84. The lowest BCUT2D eigenvalue weighted by Gasteiger charge is -2.03. The molecule has 0 amide bonds. The summed E-state index contributed by atoms with van der Waals surface area (Å²) < 4.78 is 1.82. The average molecular weight is 442 g/mol. The maximum absolute atomic E-state index is 6.33. The molecule has 0 aliphatic rings. The third-order valence-corrected chi connectivity index (χ3v) is 6.52. The van der Waals surface area contributed by atoms with Crippen molar-refractivity contribution in [2.45, 2.75) is 6.92 Å². The number of H-pyrrole nitrogens is 1. The van der Waals surface area contributed by atoms with Crippen LogP contribution in [0.4, 0.5) is 0 Å². The number of nitrogens with zero attached hydrogens (tertiary/aromatic N) is 4. The van der Waals surface area contributed by atoms with E-state index in [2.05, 4.69) is 58.5 Å². The van der Waals surface area contributed by atoms with E-state index in [1.807, 2.05) is 40.9 Å². The molecule has 0 fully saturated rings. The van der Waals surface area contributed by atoms with Gasteiger partial charge in [-0.3, -0.25) is 0 Å². The molecule has 0 bridgehead atoms. The quantitative estimate of drug-likeness (QED) is 0.335. The Kier molecular flexibility index (Phi) is 4.16. The summed E-state index contributed by atoms with van der Waals surface area (Å²) in [4.78, 5) is 4.27. The number of nitrogens with one attached hydrogen (secondary N) is 1. The second-order valence-electron chi connectivity index (χ2n) is 7.42. The number of benzene rings is 3. The zero-order chi connectivity index (χ0) is 20.9. The van der Waals surface area contributed by atoms with Crippen LogP contribution in [0, 0.1) is 6.92 Å². The Labute approximate surface area is 187 Å². The van der Waals surface area contributed by atoms with Crippen LogP contribution < -0.4 is 0 Å². The van der Waals surface area contributed by atoms with Gasteiger partial charge in [-0.05, 0) is 30.7 Å². The van der Waals surface area contributed by atoms with Crippen molar-refractivity contribution in [2.24, 2.45) is 0 Å². The van der Waals surface area contributed by atoms with Crippen LogP contribution in [0.2, 0.25) is 5.02 Å². The van der Waals surface area contributed by atoms with E-state index in [9.17, 15) is 0 Å². The highest BCUT2D eigenvalue weighted by Gasteiger charge is 2.22. The van der Waals surface area contributed by atoms with Gasteiger partial charge in [0.2, 0.25) is 10.8 Å². The van der Waals surface area contributed by atoms with Gasteiger partial charge in [0, 0.05) is 27.1 Å². The predicted octanol–water partition coefficient (Wildman–Crippen LogP) is 6.63. The average Bonchev–Trinajstić information content (AvgIpc) is 3.47. The van der Waals surface area contributed by atoms with Crippen molar-refractivity contribution < 1.29 is 0 Å². The van der Waals surface area contributed by atoms with Crippen molar-refractivity contribution in [3.8, 4) is 33.2 Å². The summed E-state index contributed by atoms with van der Waals surface area (Å²) >= 11 is 7.86. The molecule has 0 saturated heterocycles. The predicted molar refractivity (Wildman–Crippen MR) is 127 cm³/mol. The van der Waals surface area contributed by atoms with E-state index >= 15 is 0 Å². The van der Waals surface area contributed by atoms with Gasteiger partial charge in [0.15, 0.2) is 0 Å². The van der Waals surface area contributed by atoms with Crippen LogP contribution in [0.15, 0.2) is 72.8 Å². The van der Waals surface area contributed by atoms with Crippen LogP contribution in [-0.2, 0) is 0 Å². The van der Waals surface area contributed by atoms with Gasteiger partial charge >= 0.3 is 0 Å². The molecular formula is C24H16ClN5S. The van der Waals surface area contributed by atoms with E-state index in [4.69, 9.17) is 16.7 Å². The highest BCUT2D eigenvalue weighted by atomic mass is 35.5. The zero-order valence-electron chi connectivity index (χ0n) is 16.5. The highest BCUT2D eigenvalue weighted by Crippen LogP contribution is 2.39. The number of fused-ring (bicyclic) bond motifs is 2. The smallest absolute Gasteiger partial charge is 0.235 e. The van der Waals surface area contributed by atoms with E-state index in [1.54, 1.807) is 0 Å². The van der Waals surface area contributed by atoms with Crippen molar-refractivity contribution in [3.05, 3.63) is 83.4 Å². The van der Waals surface area contributed by atoms with Gasteiger partial charge in [0.25, 0.3) is 0 Å². The lowest BCUT2D eigenvalue weighted by molar-refractivity contribution is 0.965. The fourth-order valence-electron chi connectivity index (χ4n) is 3.82. The van der Waals surface area contributed by atoms with Crippen LogP contribution in [0.3, 0.4) is 0 Å². The second kappa shape index (κ2) is 7.04. The largest absolute Gasteiger partial charge is 0.351 e. The molecular weight excluding hydrogens is 426 g/mol. The number of halogens is 1. The molecule has 0 saturated carbocycles. The number of aryl methyl sites for hydroxylation is 1. The van der Waals surface area contributed by atoms with Crippen molar-refractivity contribution >= 4 is 38.8 Å². The molecule has 0 radical (unpaired) electrons. The summed E-state index contributed by atoms with van der Waals surface area (Å²) in [6.07, 6.45) is 0. The lowest BCUT2D eigenvalue weighted by atomic mass is 10.0. The standard InChI is InChI=1S/C24H16ClN5S/c1-14-7-9-16(10-8-14)23-29-30-22(27-28-24(30)31-23)21-20(15-5-3-2-4-6-15)18-13-17(25)11-12-19(18)26-21/h2-13,26H,1H3. The van der Waals surface area contributed by atoms with Crippen molar-refractivity contribution in [1.29, 1.82) is 0 Å². The van der Waals surface area contributed by atoms with Gasteiger partial charge in [-0.2, -0.15) is 9.61 Å². The van der Waals surface area contributed by atoms with Crippen molar-refractivity contribution in [2.75, 3.05) is 0 Å². The zero-order valence-corrected chi connectivity index (χ0v) is 18.1. The molecule has 150 valence electrons. The fraction of sp³-hybridized carbons (Fsp3) is 0.0417. The van der Waals surface area contributed by atoms with Crippen LogP contribution >= 0.6 is 22.9 Å². The molecule has 0 unspecified atom stereocenters. The van der Waals surface area contributed by atoms with Gasteiger partial charge in [0.1, 0.15) is 5.01 Å². The molecule has 3 aromatic heterocycles. The summed E-state index contributed by atoms with van der Waals surface area (Å²) in [7, 11) is 0. The molecule has 6 rings (SSSR count). The Bertz CT molecular complexity index is 1540. The Balaban J connectivity index is 1.59. The van der Waals surface area contributed by atoms with Gasteiger partial charge < -0.3 is 4.98 Å². The normalized spacial score (nSPS) is 11.5. The van der Waals surface area contributed by atoms with Gasteiger partial charge in [-0.1, -0.05) is 83.1 Å². The lowest BCUT2D eigenvalue weighted by Crippen LogP contribution is -1.93. The van der Waals surface area contributed by atoms with Crippen LogP contribution in [0.5, 0.6) is 0 Å². The molecule has 0 aliphatic heterocycles. The van der Waals surface area contributed by atoms with Crippen molar-refractivity contribution in [1.82, 2.24) is 24.8 Å². The Morgan fingerprint density at radius 1 is 0.903 bits per heavy atom. The summed E-state index contributed by atoms with van der Waals surface area (Å²) in [6, 6.07) is 24.4. The topological polar surface area (TPSA) is 58.9 Å². The first-order valence-corrected chi connectivity index (χ1v) is 11.0. The minimum absolute atomic E-state index is 0.677. The second-order valence-corrected chi connectivity index (χ2v) is 8.81. The molecule has 0 spiro atoms. The minimum Gasteiger partial charge on any atom is -0.351 e. The molecule has 7 heteroatoms. The number of aromatic amines is 1. The Hall–Kier alpha value is -3.48. The number of hydrogen-bond donors (Lipinski definition) is 1. The third kappa shape index (κ3) is 3.03. The van der Waals surface area contributed by atoms with Gasteiger partial charge in [-0.15, -0.1) is 10.2 Å². The molecule has 1 N–H and O–H groups in total. The molecule has 6 aromatic rings. The third-order valence-electron chi connectivity index (χ3n) is 5.34. The molecule has 3 heterocycles. The van der Waals surface area contributed by atoms with Crippen molar-refractivity contribution in [3.63, 3.8) is 0 Å².